The second-order valence-electron chi connectivity index (χ2n) is 3.58. The van der Waals surface area contributed by atoms with Crippen LogP contribution in [0.15, 0.2) is 0 Å². The second-order valence-corrected chi connectivity index (χ2v) is 5.02. The molecule has 1 unspecified atom stereocenters. The van der Waals surface area contributed by atoms with Gasteiger partial charge < -0.3 is 4.74 Å². The zero-order valence-electron chi connectivity index (χ0n) is 9.42. The summed E-state index contributed by atoms with van der Waals surface area (Å²) in [6, 6.07) is 0. The predicted molar refractivity (Wildman–Crippen MR) is 63.6 cm³/mol. The molecule has 0 fully saturated rings. The van der Waals surface area contributed by atoms with Gasteiger partial charge in [-0.3, -0.25) is 0 Å². The first-order valence-electron chi connectivity index (χ1n) is 5.10. The first kappa shape index (κ1) is 12.9. The fourth-order valence-electron chi connectivity index (χ4n) is 1.17. The third kappa shape index (κ3) is 3.13. The van der Waals surface area contributed by atoms with Gasteiger partial charge in [-0.1, -0.05) is 18.3 Å². The van der Waals surface area contributed by atoms with Gasteiger partial charge in [-0.25, -0.2) is 0 Å². The molecule has 0 aliphatic rings. The van der Waals surface area contributed by atoms with Crippen LogP contribution in [0, 0.1) is 0 Å². The molecular weight excluding hydrogens is 232 g/mol. The summed E-state index contributed by atoms with van der Waals surface area (Å²) in [6.07, 6.45) is 2.75. The lowest BCUT2D eigenvalue weighted by molar-refractivity contribution is -0.00207. The molecule has 1 heterocycles. The second kappa shape index (κ2) is 5.77. The van der Waals surface area contributed by atoms with Crippen LogP contribution in [0.4, 0.5) is 0 Å². The molecule has 0 aromatic carbocycles. The molecule has 0 aliphatic heterocycles. The van der Waals surface area contributed by atoms with Gasteiger partial charge in [-0.2, -0.15) is 0 Å². The van der Waals surface area contributed by atoms with Crippen LogP contribution in [0.1, 0.15) is 36.7 Å². The highest BCUT2D eigenvalue weighted by molar-refractivity contribution is 7.11. The standard InChI is InChI=1S/C10H17ClN2OS/c1-4-10(2,14-3)9-13-12-8(15-9)6-5-7-11/h4-7H2,1-3H3. The molecular formula is C10H17ClN2OS. The van der Waals surface area contributed by atoms with Gasteiger partial charge in [0.2, 0.25) is 0 Å². The van der Waals surface area contributed by atoms with Gasteiger partial charge in [0.15, 0.2) is 0 Å². The van der Waals surface area contributed by atoms with Crippen molar-refractivity contribution >= 4 is 22.9 Å². The van der Waals surface area contributed by atoms with E-state index in [0.29, 0.717) is 5.88 Å². The molecule has 86 valence electrons. The highest BCUT2D eigenvalue weighted by Crippen LogP contribution is 2.30. The highest BCUT2D eigenvalue weighted by atomic mass is 35.5. The Labute approximate surface area is 99.8 Å². The van der Waals surface area contributed by atoms with Crippen LogP contribution in [0.2, 0.25) is 0 Å². The fraction of sp³-hybridized carbons (Fsp3) is 0.800. The minimum atomic E-state index is -0.295. The van der Waals surface area contributed by atoms with Crippen LogP contribution in [0.25, 0.3) is 0 Å². The van der Waals surface area contributed by atoms with Crippen molar-refractivity contribution < 1.29 is 4.74 Å². The summed E-state index contributed by atoms with van der Waals surface area (Å²) in [5.41, 5.74) is -0.295. The number of hydrogen-bond donors (Lipinski definition) is 0. The summed E-state index contributed by atoms with van der Waals surface area (Å²) in [7, 11) is 1.71. The summed E-state index contributed by atoms with van der Waals surface area (Å²) in [5.74, 6) is 0.671. The summed E-state index contributed by atoms with van der Waals surface area (Å²) < 4.78 is 5.47. The minimum Gasteiger partial charge on any atom is -0.371 e. The van der Waals surface area contributed by atoms with E-state index in [9.17, 15) is 0 Å². The molecule has 1 atom stereocenters. The molecule has 0 spiro atoms. The van der Waals surface area contributed by atoms with E-state index in [1.54, 1.807) is 18.4 Å². The quantitative estimate of drug-likeness (QED) is 0.726. The van der Waals surface area contributed by atoms with E-state index in [4.69, 9.17) is 16.3 Å². The Bertz CT molecular complexity index is 299. The zero-order valence-corrected chi connectivity index (χ0v) is 11.0. The lowest BCUT2D eigenvalue weighted by Crippen LogP contribution is -2.22. The Balaban J connectivity index is 2.74. The fourth-order valence-corrected chi connectivity index (χ4v) is 2.38. The van der Waals surface area contributed by atoms with E-state index < -0.39 is 0 Å². The zero-order chi connectivity index (χ0) is 11.3. The molecule has 0 amide bonds. The van der Waals surface area contributed by atoms with Crippen molar-refractivity contribution in [2.45, 2.75) is 38.7 Å². The third-order valence-electron chi connectivity index (χ3n) is 2.57. The number of methoxy groups -OCH3 is 1. The van der Waals surface area contributed by atoms with Crippen LogP contribution in [-0.2, 0) is 16.8 Å². The SMILES string of the molecule is CCC(C)(OC)c1nnc(CCCCl)s1. The van der Waals surface area contributed by atoms with Crippen LogP contribution in [-0.4, -0.2) is 23.2 Å². The van der Waals surface area contributed by atoms with Gasteiger partial charge in [0.1, 0.15) is 15.6 Å². The Kier molecular flexibility index (Phi) is 4.96. The van der Waals surface area contributed by atoms with Crippen molar-refractivity contribution in [1.29, 1.82) is 0 Å². The normalized spacial score (nSPS) is 15.2. The van der Waals surface area contributed by atoms with Crippen LogP contribution in [0.3, 0.4) is 0 Å². The Morgan fingerprint density at radius 3 is 2.73 bits per heavy atom. The van der Waals surface area contributed by atoms with Gasteiger partial charge in [0.25, 0.3) is 0 Å². The molecule has 1 rings (SSSR count). The van der Waals surface area contributed by atoms with Crippen LogP contribution < -0.4 is 0 Å². The van der Waals surface area contributed by atoms with E-state index in [1.165, 1.54) is 0 Å². The van der Waals surface area contributed by atoms with Crippen LogP contribution in [0.5, 0.6) is 0 Å². The average Bonchev–Trinajstić information content (AvgIpc) is 2.74. The summed E-state index contributed by atoms with van der Waals surface area (Å²) in [6.45, 7) is 4.13. The van der Waals surface area contributed by atoms with Gasteiger partial charge >= 0.3 is 0 Å². The molecule has 0 saturated heterocycles. The number of alkyl halides is 1. The minimum absolute atomic E-state index is 0.295. The number of nitrogens with zero attached hydrogens (tertiary/aromatic N) is 2. The average molecular weight is 249 g/mol. The van der Waals surface area contributed by atoms with Crippen molar-refractivity contribution in [2.24, 2.45) is 0 Å². The van der Waals surface area contributed by atoms with E-state index in [1.807, 2.05) is 6.92 Å². The highest BCUT2D eigenvalue weighted by Gasteiger charge is 2.28. The number of aromatic nitrogens is 2. The molecule has 1 aromatic rings. The molecule has 0 N–H and O–H groups in total. The molecule has 5 heteroatoms. The molecule has 1 aromatic heterocycles. The van der Waals surface area contributed by atoms with Crippen molar-refractivity contribution in [3.05, 3.63) is 10.0 Å². The van der Waals surface area contributed by atoms with Crippen molar-refractivity contribution in [3.63, 3.8) is 0 Å². The van der Waals surface area contributed by atoms with Crippen molar-refractivity contribution in [3.8, 4) is 0 Å². The number of aryl methyl sites for hydroxylation is 1. The summed E-state index contributed by atoms with van der Waals surface area (Å²) in [5, 5.41) is 10.3. The van der Waals surface area contributed by atoms with Crippen molar-refractivity contribution in [1.82, 2.24) is 10.2 Å². The summed E-state index contributed by atoms with van der Waals surface area (Å²) >= 11 is 7.26. The lowest BCUT2D eigenvalue weighted by Gasteiger charge is -2.22. The summed E-state index contributed by atoms with van der Waals surface area (Å²) in [4.78, 5) is 0. The molecule has 0 bridgehead atoms. The molecule has 0 saturated carbocycles. The molecule has 3 nitrogen and oxygen atoms in total. The van der Waals surface area contributed by atoms with Gasteiger partial charge in [0.05, 0.1) is 0 Å². The maximum atomic E-state index is 5.63. The van der Waals surface area contributed by atoms with Gasteiger partial charge in [-0.05, 0) is 19.8 Å². The topological polar surface area (TPSA) is 35.0 Å². The van der Waals surface area contributed by atoms with E-state index in [-0.39, 0.29) is 5.60 Å². The van der Waals surface area contributed by atoms with Gasteiger partial charge in [-0.15, -0.1) is 21.8 Å². The Morgan fingerprint density at radius 1 is 1.47 bits per heavy atom. The number of rotatable bonds is 6. The Hall–Kier alpha value is -0.190. The monoisotopic (exact) mass is 248 g/mol. The van der Waals surface area contributed by atoms with Gasteiger partial charge in [0, 0.05) is 19.4 Å². The van der Waals surface area contributed by atoms with Crippen molar-refractivity contribution in [2.75, 3.05) is 13.0 Å². The first-order chi connectivity index (χ1) is 7.16. The number of hydrogen-bond acceptors (Lipinski definition) is 4. The third-order valence-corrected chi connectivity index (χ3v) is 4.06. The van der Waals surface area contributed by atoms with E-state index in [2.05, 4.69) is 17.1 Å². The number of ether oxygens (including phenoxy) is 1. The van der Waals surface area contributed by atoms with E-state index in [0.717, 1.165) is 29.3 Å². The largest absolute Gasteiger partial charge is 0.371 e. The molecule has 0 aliphatic carbocycles. The first-order valence-corrected chi connectivity index (χ1v) is 6.45. The predicted octanol–water partition coefficient (Wildman–Crippen LogP) is 2.98. The smallest absolute Gasteiger partial charge is 0.149 e. The molecule has 15 heavy (non-hydrogen) atoms. The maximum Gasteiger partial charge on any atom is 0.149 e. The molecule has 0 radical (unpaired) electrons. The van der Waals surface area contributed by atoms with E-state index >= 15 is 0 Å². The number of halogens is 1. The Morgan fingerprint density at radius 2 is 2.20 bits per heavy atom. The van der Waals surface area contributed by atoms with Crippen LogP contribution >= 0.6 is 22.9 Å². The maximum absolute atomic E-state index is 5.63. The lowest BCUT2D eigenvalue weighted by atomic mass is 10.1.